The van der Waals surface area contributed by atoms with E-state index < -0.39 is 38.3 Å². The van der Waals surface area contributed by atoms with Crippen LogP contribution in [0.3, 0.4) is 0 Å². The van der Waals surface area contributed by atoms with Gasteiger partial charge < -0.3 is 4.57 Å². The zero-order valence-electron chi connectivity index (χ0n) is 20.0. The number of rotatable bonds is 12. The highest BCUT2D eigenvalue weighted by Gasteiger charge is 2.44. The van der Waals surface area contributed by atoms with Crippen molar-refractivity contribution in [2.45, 2.75) is 82.3 Å². The van der Waals surface area contributed by atoms with Crippen LogP contribution < -0.4 is 0 Å². The molecule has 0 amide bonds. The Kier molecular flexibility index (Phi) is 9.40. The Morgan fingerprint density at radius 1 is 0.857 bits per heavy atom. The minimum absolute atomic E-state index is 0.0829. The van der Waals surface area contributed by atoms with E-state index in [0.29, 0.717) is 31.5 Å². The summed E-state index contributed by atoms with van der Waals surface area (Å²) in [6, 6.07) is 5.14. The van der Waals surface area contributed by atoms with E-state index in [-0.39, 0.29) is 24.2 Å². The predicted molar refractivity (Wildman–Crippen MR) is 121 cm³/mol. The molecule has 0 bridgehead atoms. The van der Waals surface area contributed by atoms with Gasteiger partial charge in [0.2, 0.25) is 9.84 Å². The lowest BCUT2D eigenvalue weighted by molar-refractivity contribution is -0.137. The van der Waals surface area contributed by atoms with Crippen LogP contribution >= 0.6 is 0 Å². The standard InChI is InChI=1S/C23H31F6N3O2S/c1-4-13-21(14-5-2,15-9-6-10-16-35(33,34)23(27,28)29)20-31-30-19(32(20)3)17-11-7-8-12-18(17)22(24,25)26/h7-8,11-12H,4-6,9-10,13-16H2,1-3H3. The molecule has 0 fully saturated rings. The zero-order valence-corrected chi connectivity index (χ0v) is 20.8. The molecule has 0 aliphatic carbocycles. The van der Waals surface area contributed by atoms with Crippen LogP contribution in [0.2, 0.25) is 0 Å². The van der Waals surface area contributed by atoms with E-state index in [1.54, 1.807) is 11.6 Å². The molecule has 0 saturated heterocycles. The van der Waals surface area contributed by atoms with Crippen molar-refractivity contribution >= 4 is 9.84 Å². The molecular weight excluding hydrogens is 496 g/mol. The molecule has 1 heterocycles. The van der Waals surface area contributed by atoms with Gasteiger partial charge in [0.1, 0.15) is 5.82 Å². The summed E-state index contributed by atoms with van der Waals surface area (Å²) in [5.74, 6) is -0.357. The largest absolute Gasteiger partial charge is 0.497 e. The number of hydrogen-bond acceptors (Lipinski definition) is 4. The Hall–Kier alpha value is -2.11. The average Bonchev–Trinajstić information content (AvgIpc) is 3.14. The molecule has 5 nitrogen and oxygen atoms in total. The zero-order chi connectivity index (χ0) is 26.5. The fourth-order valence-corrected chi connectivity index (χ4v) is 5.48. The normalized spacial score (nSPS) is 13.4. The Morgan fingerprint density at radius 3 is 2.00 bits per heavy atom. The summed E-state index contributed by atoms with van der Waals surface area (Å²) in [7, 11) is -3.54. The van der Waals surface area contributed by atoms with Gasteiger partial charge >= 0.3 is 11.7 Å². The van der Waals surface area contributed by atoms with Crippen LogP contribution in [0.15, 0.2) is 24.3 Å². The quantitative estimate of drug-likeness (QED) is 0.224. The highest BCUT2D eigenvalue weighted by Crippen LogP contribution is 2.41. The summed E-state index contributed by atoms with van der Waals surface area (Å²) < 4.78 is 103. The molecule has 0 spiro atoms. The second-order valence-corrected chi connectivity index (χ2v) is 10.9. The first-order chi connectivity index (χ1) is 16.2. The minimum Gasteiger partial charge on any atom is -0.314 e. The van der Waals surface area contributed by atoms with Gasteiger partial charge in [0, 0.05) is 18.0 Å². The number of nitrogens with zero attached hydrogens (tertiary/aromatic N) is 3. The maximum Gasteiger partial charge on any atom is 0.497 e. The van der Waals surface area contributed by atoms with Crippen molar-refractivity contribution in [1.82, 2.24) is 14.8 Å². The third-order valence-electron chi connectivity index (χ3n) is 6.20. The van der Waals surface area contributed by atoms with Crippen molar-refractivity contribution in [3.8, 4) is 11.4 Å². The van der Waals surface area contributed by atoms with E-state index in [1.807, 2.05) is 13.8 Å². The van der Waals surface area contributed by atoms with Gasteiger partial charge in [-0.15, -0.1) is 10.2 Å². The first-order valence-electron chi connectivity index (χ1n) is 11.6. The van der Waals surface area contributed by atoms with Crippen molar-refractivity contribution < 1.29 is 34.8 Å². The number of alkyl halides is 6. The van der Waals surface area contributed by atoms with Crippen molar-refractivity contribution in [3.63, 3.8) is 0 Å². The number of benzene rings is 1. The Balaban J connectivity index is 2.32. The van der Waals surface area contributed by atoms with E-state index in [2.05, 4.69) is 10.2 Å². The molecule has 0 aliphatic rings. The summed E-state index contributed by atoms with van der Waals surface area (Å²) in [5, 5.41) is 8.40. The van der Waals surface area contributed by atoms with E-state index in [9.17, 15) is 34.8 Å². The fourth-order valence-electron chi connectivity index (χ4n) is 4.67. The monoisotopic (exact) mass is 527 g/mol. The average molecular weight is 528 g/mol. The molecule has 0 radical (unpaired) electrons. The van der Waals surface area contributed by atoms with Gasteiger partial charge in [-0.1, -0.05) is 57.7 Å². The minimum atomic E-state index is -5.26. The van der Waals surface area contributed by atoms with Gasteiger partial charge in [0.05, 0.1) is 11.3 Å². The van der Waals surface area contributed by atoms with Gasteiger partial charge in [0.25, 0.3) is 0 Å². The Morgan fingerprint density at radius 2 is 1.46 bits per heavy atom. The molecular formula is C23H31F6N3O2S. The molecule has 0 unspecified atom stereocenters. The summed E-state index contributed by atoms with van der Waals surface area (Å²) >= 11 is 0. The van der Waals surface area contributed by atoms with Gasteiger partial charge in [0.15, 0.2) is 5.82 Å². The summed E-state index contributed by atoms with van der Waals surface area (Å²) in [5.41, 5.74) is -6.70. The van der Waals surface area contributed by atoms with Crippen LogP contribution in [0.25, 0.3) is 11.4 Å². The lowest BCUT2D eigenvalue weighted by atomic mass is 9.74. The second kappa shape index (κ2) is 11.3. The summed E-state index contributed by atoms with van der Waals surface area (Å²) in [6.07, 6.45) is -0.631. The molecule has 12 heteroatoms. The van der Waals surface area contributed by atoms with Crippen molar-refractivity contribution in [3.05, 3.63) is 35.7 Å². The molecule has 0 saturated carbocycles. The number of halogens is 6. The topological polar surface area (TPSA) is 64.8 Å². The summed E-state index contributed by atoms with van der Waals surface area (Å²) in [4.78, 5) is 0. The molecule has 2 aromatic rings. The van der Waals surface area contributed by atoms with Gasteiger partial charge in [-0.05, 0) is 31.7 Å². The van der Waals surface area contributed by atoms with E-state index in [4.69, 9.17) is 0 Å². The first kappa shape index (κ1) is 29.1. The highest BCUT2D eigenvalue weighted by atomic mass is 32.2. The SMILES string of the molecule is CCCC(CCC)(CCCCCS(=O)(=O)C(F)(F)F)c1nnc(-c2ccccc2C(F)(F)F)n1C. The van der Waals surface area contributed by atoms with Crippen molar-refractivity contribution in [2.75, 3.05) is 5.75 Å². The van der Waals surface area contributed by atoms with E-state index in [1.165, 1.54) is 18.2 Å². The van der Waals surface area contributed by atoms with E-state index in [0.717, 1.165) is 18.9 Å². The first-order valence-corrected chi connectivity index (χ1v) is 13.2. The van der Waals surface area contributed by atoms with Crippen molar-refractivity contribution in [1.29, 1.82) is 0 Å². The van der Waals surface area contributed by atoms with Crippen LogP contribution in [-0.4, -0.2) is 34.4 Å². The molecule has 1 aromatic heterocycles. The van der Waals surface area contributed by atoms with E-state index >= 15 is 0 Å². The number of hydrogen-bond donors (Lipinski definition) is 0. The Labute approximate surface area is 201 Å². The van der Waals surface area contributed by atoms with Crippen LogP contribution in [0.4, 0.5) is 26.3 Å². The lowest BCUT2D eigenvalue weighted by Gasteiger charge is -2.33. The van der Waals surface area contributed by atoms with Crippen LogP contribution in [0.5, 0.6) is 0 Å². The van der Waals surface area contributed by atoms with Gasteiger partial charge in [-0.2, -0.15) is 26.3 Å². The molecule has 1 aromatic carbocycles. The molecule has 0 N–H and O–H groups in total. The maximum absolute atomic E-state index is 13.6. The number of unbranched alkanes of at least 4 members (excludes halogenated alkanes) is 2. The highest BCUT2D eigenvalue weighted by molar-refractivity contribution is 7.92. The maximum atomic E-state index is 13.6. The molecule has 198 valence electrons. The van der Waals surface area contributed by atoms with Crippen LogP contribution in [0.1, 0.15) is 76.6 Å². The number of aromatic nitrogens is 3. The smallest absolute Gasteiger partial charge is 0.314 e. The third-order valence-corrected chi connectivity index (χ3v) is 7.73. The Bertz CT molecular complexity index is 1070. The van der Waals surface area contributed by atoms with Gasteiger partial charge in [-0.3, -0.25) is 0 Å². The van der Waals surface area contributed by atoms with Crippen LogP contribution in [-0.2, 0) is 28.5 Å². The molecule has 0 aliphatic heterocycles. The molecule has 35 heavy (non-hydrogen) atoms. The lowest BCUT2D eigenvalue weighted by Crippen LogP contribution is -2.30. The molecule has 2 rings (SSSR count). The van der Waals surface area contributed by atoms with Gasteiger partial charge in [-0.25, -0.2) is 8.42 Å². The third kappa shape index (κ3) is 6.77. The predicted octanol–water partition coefficient (Wildman–Crippen LogP) is 6.83. The molecule has 0 atom stereocenters. The fraction of sp³-hybridized carbons (Fsp3) is 0.652. The summed E-state index contributed by atoms with van der Waals surface area (Å²) in [6.45, 7) is 3.94. The van der Waals surface area contributed by atoms with Crippen molar-refractivity contribution in [2.24, 2.45) is 7.05 Å². The van der Waals surface area contributed by atoms with Crippen LogP contribution in [0, 0.1) is 0 Å². The number of sulfone groups is 1. The second-order valence-electron chi connectivity index (χ2n) is 8.81.